The Kier molecular flexibility index (Phi) is 10.1. The maximum absolute atomic E-state index is 14.1. The topological polar surface area (TPSA) is 144 Å². The highest BCUT2D eigenvalue weighted by Crippen LogP contribution is 2.34. The molecule has 244 valence electrons. The molecule has 1 unspecified atom stereocenters. The number of carboxylic acid groups (broad SMARTS) is 1. The highest BCUT2D eigenvalue weighted by atomic mass is 19.4. The third-order valence-electron chi connectivity index (χ3n) is 7.65. The van der Waals surface area contributed by atoms with Gasteiger partial charge in [0.2, 0.25) is 5.56 Å². The van der Waals surface area contributed by atoms with Gasteiger partial charge in [-0.15, -0.1) is 0 Å². The van der Waals surface area contributed by atoms with E-state index in [1.165, 1.54) is 30.3 Å². The lowest BCUT2D eigenvalue weighted by atomic mass is 9.98. The Balaban J connectivity index is 1.23. The van der Waals surface area contributed by atoms with E-state index in [-0.39, 0.29) is 42.9 Å². The summed E-state index contributed by atoms with van der Waals surface area (Å²) in [6, 6.07) is 24.7. The minimum atomic E-state index is -4.61. The Bertz CT molecular complexity index is 1910. The van der Waals surface area contributed by atoms with E-state index in [2.05, 4.69) is 15.6 Å². The van der Waals surface area contributed by atoms with E-state index < -0.39 is 35.5 Å². The summed E-state index contributed by atoms with van der Waals surface area (Å²) in [5.74, 6) is 0.220. The second kappa shape index (κ2) is 14.4. The number of aromatic nitrogens is 1. The first-order valence-electron chi connectivity index (χ1n) is 14.7. The number of aliphatic hydroxyl groups excluding tert-OH is 1. The number of phenolic OH excluding ortho intramolecular Hbond substituents is 1. The van der Waals surface area contributed by atoms with Crippen molar-refractivity contribution in [3.8, 4) is 11.5 Å². The number of amides is 1. The van der Waals surface area contributed by atoms with E-state index in [4.69, 9.17) is 4.74 Å². The maximum Gasteiger partial charge on any atom is 0.416 e. The van der Waals surface area contributed by atoms with Gasteiger partial charge in [0.1, 0.15) is 18.1 Å². The van der Waals surface area contributed by atoms with Crippen molar-refractivity contribution in [2.75, 3.05) is 13.1 Å². The van der Waals surface area contributed by atoms with E-state index >= 15 is 0 Å². The Labute approximate surface area is 267 Å². The van der Waals surface area contributed by atoms with Crippen LogP contribution in [0.15, 0.2) is 102 Å². The SMILES string of the molecule is O=C(O)NC(c1ccccc1)c1cccc(OCc2ccc(CCNC[C@@H](O)c3ccc(O)c4[nH]c(=O)ccc34)c(C(F)(F)F)c2)c1. The molecule has 1 aromatic heterocycles. The van der Waals surface area contributed by atoms with Crippen LogP contribution in [0.25, 0.3) is 10.9 Å². The monoisotopic (exact) mass is 647 g/mol. The van der Waals surface area contributed by atoms with Gasteiger partial charge in [0, 0.05) is 18.0 Å². The van der Waals surface area contributed by atoms with Crippen molar-refractivity contribution in [1.29, 1.82) is 0 Å². The fourth-order valence-electron chi connectivity index (χ4n) is 5.40. The molecule has 0 radical (unpaired) electrons. The zero-order chi connectivity index (χ0) is 33.6. The molecule has 0 aliphatic carbocycles. The number of fused-ring (bicyclic) bond motifs is 1. The third kappa shape index (κ3) is 8.29. The fraction of sp³-hybridized carbons (Fsp3) is 0.200. The fourth-order valence-corrected chi connectivity index (χ4v) is 5.40. The third-order valence-corrected chi connectivity index (χ3v) is 7.65. The summed E-state index contributed by atoms with van der Waals surface area (Å²) in [4.78, 5) is 25.6. The van der Waals surface area contributed by atoms with Crippen LogP contribution in [-0.2, 0) is 19.2 Å². The first-order chi connectivity index (χ1) is 22.5. The first-order valence-corrected chi connectivity index (χ1v) is 14.7. The van der Waals surface area contributed by atoms with Gasteiger partial charge in [0.05, 0.1) is 23.2 Å². The van der Waals surface area contributed by atoms with Crippen LogP contribution in [-0.4, -0.2) is 39.5 Å². The van der Waals surface area contributed by atoms with Gasteiger partial charge in [-0.2, -0.15) is 13.2 Å². The van der Waals surface area contributed by atoms with Gasteiger partial charge in [0.25, 0.3) is 0 Å². The van der Waals surface area contributed by atoms with Crippen LogP contribution in [0, 0.1) is 0 Å². The average molecular weight is 648 g/mol. The normalized spacial score (nSPS) is 12.9. The number of carbonyl (C=O) groups is 1. The number of aliphatic hydroxyl groups is 1. The Hall–Kier alpha value is -5.33. The largest absolute Gasteiger partial charge is 0.506 e. The van der Waals surface area contributed by atoms with Gasteiger partial charge in [-0.25, -0.2) is 4.79 Å². The lowest BCUT2D eigenvalue weighted by molar-refractivity contribution is -0.138. The molecular formula is C35H32F3N3O6. The highest BCUT2D eigenvalue weighted by molar-refractivity contribution is 5.87. The molecule has 0 fully saturated rings. The molecule has 5 aromatic rings. The second-order valence-electron chi connectivity index (χ2n) is 10.9. The minimum absolute atomic E-state index is 0.0262. The number of hydrogen-bond donors (Lipinski definition) is 6. The van der Waals surface area contributed by atoms with Gasteiger partial charge in [-0.1, -0.05) is 60.7 Å². The van der Waals surface area contributed by atoms with Gasteiger partial charge in [-0.05, 0) is 71.1 Å². The summed E-state index contributed by atoms with van der Waals surface area (Å²) in [5, 5.41) is 36.1. The molecule has 1 amide bonds. The van der Waals surface area contributed by atoms with Crippen LogP contribution >= 0.6 is 0 Å². The number of rotatable bonds is 12. The smallest absolute Gasteiger partial charge is 0.416 e. The van der Waals surface area contributed by atoms with E-state index in [1.807, 2.05) is 6.07 Å². The molecule has 4 aromatic carbocycles. The van der Waals surface area contributed by atoms with Crippen molar-refractivity contribution in [2.45, 2.75) is 31.3 Å². The Morgan fingerprint density at radius 3 is 2.43 bits per heavy atom. The van der Waals surface area contributed by atoms with Crippen molar-refractivity contribution in [3.05, 3.63) is 141 Å². The lowest BCUT2D eigenvalue weighted by Crippen LogP contribution is -2.27. The molecule has 5 rings (SSSR count). The number of alkyl halides is 3. The molecule has 0 aliphatic rings. The number of benzene rings is 4. The van der Waals surface area contributed by atoms with Crippen LogP contribution in [0.4, 0.5) is 18.0 Å². The summed E-state index contributed by atoms with van der Waals surface area (Å²) >= 11 is 0. The Morgan fingerprint density at radius 2 is 1.68 bits per heavy atom. The van der Waals surface area contributed by atoms with Crippen LogP contribution in [0.2, 0.25) is 0 Å². The van der Waals surface area contributed by atoms with Crippen LogP contribution in [0.3, 0.4) is 0 Å². The molecule has 47 heavy (non-hydrogen) atoms. The number of H-pyrrole nitrogens is 1. The Morgan fingerprint density at radius 1 is 0.915 bits per heavy atom. The molecule has 12 heteroatoms. The van der Waals surface area contributed by atoms with Crippen molar-refractivity contribution in [1.82, 2.24) is 15.6 Å². The van der Waals surface area contributed by atoms with Gasteiger partial charge < -0.3 is 35.7 Å². The number of aromatic hydroxyl groups is 1. The van der Waals surface area contributed by atoms with Gasteiger partial charge in [0.15, 0.2) is 0 Å². The molecule has 0 saturated carbocycles. The quantitative estimate of drug-likeness (QED) is 0.0905. The number of hydrogen-bond acceptors (Lipinski definition) is 6. The van der Waals surface area contributed by atoms with Crippen LogP contribution in [0.1, 0.15) is 45.5 Å². The number of aromatic amines is 1. The van der Waals surface area contributed by atoms with Crippen LogP contribution < -0.4 is 20.9 Å². The first kappa shape index (κ1) is 33.0. The van der Waals surface area contributed by atoms with Crippen molar-refractivity contribution in [2.24, 2.45) is 0 Å². The molecule has 2 atom stereocenters. The zero-order valence-electron chi connectivity index (χ0n) is 24.9. The molecule has 0 bridgehead atoms. The second-order valence-corrected chi connectivity index (χ2v) is 10.9. The molecule has 9 nitrogen and oxygen atoms in total. The zero-order valence-corrected chi connectivity index (χ0v) is 24.9. The molecule has 0 aliphatic heterocycles. The van der Waals surface area contributed by atoms with E-state index in [9.17, 15) is 38.1 Å². The van der Waals surface area contributed by atoms with Crippen LogP contribution in [0.5, 0.6) is 11.5 Å². The molecular weight excluding hydrogens is 615 g/mol. The number of nitrogens with one attached hydrogen (secondary N) is 3. The number of halogens is 3. The molecule has 0 saturated heterocycles. The lowest BCUT2D eigenvalue weighted by Gasteiger charge is -2.19. The molecule has 6 N–H and O–H groups in total. The molecule has 1 heterocycles. The summed E-state index contributed by atoms with van der Waals surface area (Å²) in [5.41, 5.74) is 1.12. The number of pyridine rings is 1. The van der Waals surface area contributed by atoms with E-state index in [1.54, 1.807) is 54.6 Å². The van der Waals surface area contributed by atoms with E-state index in [0.29, 0.717) is 33.4 Å². The highest BCUT2D eigenvalue weighted by Gasteiger charge is 2.33. The van der Waals surface area contributed by atoms with Crippen molar-refractivity contribution < 1.29 is 38.0 Å². The minimum Gasteiger partial charge on any atom is -0.506 e. The average Bonchev–Trinajstić information content (AvgIpc) is 3.05. The summed E-state index contributed by atoms with van der Waals surface area (Å²) < 4.78 is 48.0. The summed E-state index contributed by atoms with van der Waals surface area (Å²) in [7, 11) is 0. The van der Waals surface area contributed by atoms with E-state index in [0.717, 1.165) is 6.07 Å². The molecule has 0 spiro atoms. The number of ether oxygens (including phenoxy) is 1. The summed E-state index contributed by atoms with van der Waals surface area (Å²) in [6.07, 6.45) is -6.84. The van der Waals surface area contributed by atoms with Gasteiger partial charge in [-0.3, -0.25) is 4.79 Å². The van der Waals surface area contributed by atoms with Crippen molar-refractivity contribution >= 4 is 17.0 Å². The maximum atomic E-state index is 14.1. The van der Waals surface area contributed by atoms with Crippen molar-refractivity contribution in [3.63, 3.8) is 0 Å². The standard InChI is InChI=1S/C35H32F3N3O6/c36-35(37,38)28-17-21(20-47-25-8-4-7-24(18-25)32(41-34(45)46)23-5-2-1-3-6-23)9-10-22(28)15-16-39-19-30(43)26-11-13-29(42)33-27(26)12-14-31(44)40-33/h1-14,17-18,30,32,39,41-43H,15-16,19-20H2,(H,40,44)(H,45,46)/t30-,32?/m1/s1. The number of phenols is 1. The predicted molar refractivity (Wildman–Crippen MR) is 169 cm³/mol. The van der Waals surface area contributed by atoms with Gasteiger partial charge >= 0.3 is 12.3 Å². The summed E-state index contributed by atoms with van der Waals surface area (Å²) in [6.45, 7) is 0.0203. The predicted octanol–water partition coefficient (Wildman–Crippen LogP) is 6.05.